The summed E-state index contributed by atoms with van der Waals surface area (Å²) in [6.45, 7) is 5.01. The highest BCUT2D eigenvalue weighted by Crippen LogP contribution is 2.15. The Balaban J connectivity index is 2.02. The van der Waals surface area contributed by atoms with Gasteiger partial charge in [0.15, 0.2) is 0 Å². The molecule has 0 saturated carbocycles. The van der Waals surface area contributed by atoms with Gasteiger partial charge < -0.3 is 16.0 Å². The van der Waals surface area contributed by atoms with E-state index in [1.807, 2.05) is 0 Å². The van der Waals surface area contributed by atoms with E-state index in [2.05, 4.69) is 17.1 Å². The van der Waals surface area contributed by atoms with E-state index < -0.39 is 5.82 Å². The number of carbonyl (C=O) groups excluding carboxylic acids is 1. The van der Waals surface area contributed by atoms with Crippen LogP contribution in [0.5, 0.6) is 0 Å². The van der Waals surface area contributed by atoms with E-state index in [1.54, 1.807) is 0 Å². The number of piperidine rings is 1. The molecule has 1 aromatic rings. The van der Waals surface area contributed by atoms with Crippen LogP contribution in [0.3, 0.4) is 0 Å². The molecule has 1 aliphatic rings. The Labute approximate surface area is 112 Å². The van der Waals surface area contributed by atoms with Crippen LogP contribution in [-0.4, -0.2) is 36.5 Å². The van der Waals surface area contributed by atoms with E-state index >= 15 is 0 Å². The Hall–Kier alpha value is -1.62. The van der Waals surface area contributed by atoms with Gasteiger partial charge in [0.05, 0.1) is 5.56 Å². The van der Waals surface area contributed by atoms with Gasteiger partial charge in [-0.1, -0.05) is 6.92 Å². The Bertz CT molecular complexity index is 464. The molecule has 0 bridgehead atoms. The lowest BCUT2D eigenvalue weighted by Gasteiger charge is -2.32. The van der Waals surface area contributed by atoms with Crippen molar-refractivity contribution in [2.45, 2.75) is 25.8 Å². The van der Waals surface area contributed by atoms with Crippen LogP contribution < -0.4 is 11.1 Å². The smallest absolute Gasteiger partial charge is 0.253 e. The number of nitrogens with zero attached hydrogens (tertiary/aromatic N) is 1. The Morgan fingerprint density at radius 1 is 1.58 bits per heavy atom. The van der Waals surface area contributed by atoms with Gasteiger partial charge in [-0.25, -0.2) is 4.39 Å². The normalized spacial score (nSPS) is 20.2. The molecule has 1 atom stereocenters. The summed E-state index contributed by atoms with van der Waals surface area (Å²) in [4.78, 5) is 14.4. The van der Waals surface area contributed by atoms with Crippen molar-refractivity contribution in [1.82, 2.24) is 10.2 Å². The van der Waals surface area contributed by atoms with E-state index in [1.165, 1.54) is 18.2 Å². The molecule has 0 aliphatic carbocycles. The second kappa shape index (κ2) is 6.02. The molecule has 1 aliphatic heterocycles. The molecule has 104 valence electrons. The molecule has 1 aromatic carbocycles. The van der Waals surface area contributed by atoms with Crippen molar-refractivity contribution in [2.75, 3.05) is 25.4 Å². The summed E-state index contributed by atoms with van der Waals surface area (Å²) in [5, 5.41) is 2.94. The SMILES string of the molecule is CCN1CCCC(NC(=O)c2cc(F)ccc2N)C1. The number of hydrogen-bond donors (Lipinski definition) is 2. The lowest BCUT2D eigenvalue weighted by atomic mass is 10.0. The number of likely N-dealkylation sites (N-methyl/N-ethyl adjacent to an activating group) is 1. The molecule has 2 rings (SSSR count). The highest BCUT2D eigenvalue weighted by molar-refractivity contribution is 5.99. The minimum absolute atomic E-state index is 0.115. The topological polar surface area (TPSA) is 58.4 Å². The van der Waals surface area contributed by atoms with Gasteiger partial charge in [0, 0.05) is 18.3 Å². The lowest BCUT2D eigenvalue weighted by molar-refractivity contribution is 0.0906. The first kappa shape index (κ1) is 13.8. The van der Waals surface area contributed by atoms with Gasteiger partial charge in [-0.2, -0.15) is 0 Å². The third kappa shape index (κ3) is 3.44. The van der Waals surface area contributed by atoms with Crippen molar-refractivity contribution in [3.8, 4) is 0 Å². The minimum atomic E-state index is -0.446. The van der Waals surface area contributed by atoms with Crippen molar-refractivity contribution >= 4 is 11.6 Å². The molecule has 1 heterocycles. The molecule has 1 saturated heterocycles. The summed E-state index contributed by atoms with van der Waals surface area (Å²) in [5.41, 5.74) is 6.23. The maximum Gasteiger partial charge on any atom is 0.253 e. The largest absolute Gasteiger partial charge is 0.398 e. The number of nitrogens with two attached hydrogens (primary N) is 1. The fourth-order valence-electron chi connectivity index (χ4n) is 2.45. The maximum atomic E-state index is 13.2. The van der Waals surface area contributed by atoms with Crippen molar-refractivity contribution in [3.63, 3.8) is 0 Å². The maximum absolute atomic E-state index is 13.2. The quantitative estimate of drug-likeness (QED) is 0.817. The molecule has 1 unspecified atom stereocenters. The minimum Gasteiger partial charge on any atom is -0.398 e. The van der Waals surface area contributed by atoms with Crippen LogP contribution >= 0.6 is 0 Å². The van der Waals surface area contributed by atoms with Crippen molar-refractivity contribution in [3.05, 3.63) is 29.6 Å². The number of benzene rings is 1. The highest BCUT2D eigenvalue weighted by Gasteiger charge is 2.21. The van der Waals surface area contributed by atoms with Gasteiger partial charge in [0.25, 0.3) is 5.91 Å². The molecule has 5 heteroatoms. The number of hydrogen-bond acceptors (Lipinski definition) is 3. The van der Waals surface area contributed by atoms with Crippen LogP contribution in [-0.2, 0) is 0 Å². The first-order valence-corrected chi connectivity index (χ1v) is 6.68. The van der Waals surface area contributed by atoms with Gasteiger partial charge in [-0.3, -0.25) is 4.79 Å². The van der Waals surface area contributed by atoms with Crippen LogP contribution in [0.1, 0.15) is 30.1 Å². The van der Waals surface area contributed by atoms with E-state index in [9.17, 15) is 9.18 Å². The summed E-state index contributed by atoms with van der Waals surface area (Å²) >= 11 is 0. The average molecular weight is 265 g/mol. The first-order valence-electron chi connectivity index (χ1n) is 6.68. The van der Waals surface area contributed by atoms with E-state index in [4.69, 9.17) is 5.73 Å². The third-order valence-electron chi connectivity index (χ3n) is 3.55. The van der Waals surface area contributed by atoms with Crippen LogP contribution in [0.15, 0.2) is 18.2 Å². The number of anilines is 1. The standard InChI is InChI=1S/C14H20FN3O/c1-2-18-7-3-4-11(9-18)17-14(19)12-8-10(15)5-6-13(12)16/h5-6,8,11H,2-4,7,9,16H2,1H3,(H,17,19). The molecule has 0 radical (unpaired) electrons. The second-order valence-corrected chi connectivity index (χ2v) is 4.94. The van der Waals surface area contributed by atoms with Gasteiger partial charge in [-0.15, -0.1) is 0 Å². The van der Waals surface area contributed by atoms with E-state index in [0.717, 1.165) is 32.5 Å². The third-order valence-corrected chi connectivity index (χ3v) is 3.55. The van der Waals surface area contributed by atoms with Gasteiger partial charge in [-0.05, 0) is 44.1 Å². The fraction of sp³-hybridized carbons (Fsp3) is 0.500. The van der Waals surface area contributed by atoms with Gasteiger partial charge in [0.1, 0.15) is 5.82 Å². The van der Waals surface area contributed by atoms with Crippen LogP contribution in [0, 0.1) is 5.82 Å². The van der Waals surface area contributed by atoms with Gasteiger partial charge >= 0.3 is 0 Å². The number of rotatable bonds is 3. The molecule has 19 heavy (non-hydrogen) atoms. The molecule has 0 spiro atoms. The van der Waals surface area contributed by atoms with Crippen LogP contribution in [0.4, 0.5) is 10.1 Å². The summed E-state index contributed by atoms with van der Waals surface area (Å²) in [6.07, 6.45) is 2.02. The molecule has 1 fully saturated rings. The fourth-order valence-corrected chi connectivity index (χ4v) is 2.45. The summed E-state index contributed by atoms with van der Waals surface area (Å²) in [5.74, 6) is -0.738. The first-order chi connectivity index (χ1) is 9.10. The summed E-state index contributed by atoms with van der Waals surface area (Å²) in [6, 6.07) is 3.98. The predicted octanol–water partition coefficient (Wildman–Crippen LogP) is 1.62. The van der Waals surface area contributed by atoms with Crippen LogP contribution in [0.25, 0.3) is 0 Å². The Morgan fingerprint density at radius 3 is 3.11 bits per heavy atom. The molecule has 1 amide bonds. The Morgan fingerprint density at radius 2 is 2.37 bits per heavy atom. The number of carbonyl (C=O) groups is 1. The van der Waals surface area contributed by atoms with Crippen molar-refractivity contribution in [2.24, 2.45) is 0 Å². The Kier molecular flexibility index (Phi) is 4.37. The molecule has 0 aromatic heterocycles. The molecular formula is C14H20FN3O. The number of nitrogens with one attached hydrogen (secondary N) is 1. The zero-order chi connectivity index (χ0) is 13.8. The monoisotopic (exact) mass is 265 g/mol. The lowest BCUT2D eigenvalue weighted by Crippen LogP contribution is -2.47. The molecule has 4 nitrogen and oxygen atoms in total. The second-order valence-electron chi connectivity index (χ2n) is 4.94. The number of halogens is 1. The molecular weight excluding hydrogens is 245 g/mol. The van der Waals surface area contributed by atoms with E-state index in [-0.39, 0.29) is 17.5 Å². The van der Waals surface area contributed by atoms with Gasteiger partial charge in [0.2, 0.25) is 0 Å². The van der Waals surface area contributed by atoms with Crippen molar-refractivity contribution < 1.29 is 9.18 Å². The summed E-state index contributed by atoms with van der Waals surface area (Å²) < 4.78 is 13.2. The van der Waals surface area contributed by atoms with E-state index in [0.29, 0.717) is 5.69 Å². The van der Waals surface area contributed by atoms with Crippen LogP contribution in [0.2, 0.25) is 0 Å². The molecule has 3 N–H and O–H groups in total. The number of amides is 1. The van der Waals surface area contributed by atoms with Crippen molar-refractivity contribution in [1.29, 1.82) is 0 Å². The highest BCUT2D eigenvalue weighted by atomic mass is 19.1. The summed E-state index contributed by atoms with van der Waals surface area (Å²) in [7, 11) is 0. The number of nitrogen functional groups attached to an aromatic ring is 1. The zero-order valence-corrected chi connectivity index (χ0v) is 11.2. The zero-order valence-electron chi connectivity index (χ0n) is 11.2. The average Bonchev–Trinajstić information content (AvgIpc) is 2.41. The number of likely N-dealkylation sites (tertiary alicyclic amines) is 1. The predicted molar refractivity (Wildman–Crippen MR) is 73.4 cm³/mol.